The number of aliphatic hydroxyl groups excluding tert-OH is 1. The van der Waals surface area contributed by atoms with Gasteiger partial charge in [0.2, 0.25) is 0 Å². The Hall–Kier alpha value is -0.540. The molecule has 0 aliphatic heterocycles. The Bertz CT molecular complexity index is 312. The number of hydrogen-bond donors (Lipinski definition) is 2. The van der Waals surface area contributed by atoms with Crippen LogP contribution >= 0.6 is 15.9 Å². The smallest absolute Gasteiger partial charge is 0.0447 e. The number of nitrogens with one attached hydrogen (secondary N) is 1. The van der Waals surface area contributed by atoms with Crippen molar-refractivity contribution >= 4 is 21.6 Å². The lowest BCUT2D eigenvalue weighted by molar-refractivity contribution is 0.292. The van der Waals surface area contributed by atoms with Gasteiger partial charge in [0.25, 0.3) is 0 Å². The molecule has 1 aromatic carbocycles. The van der Waals surface area contributed by atoms with Gasteiger partial charge < -0.3 is 10.4 Å². The highest BCUT2D eigenvalue weighted by Crippen LogP contribution is 2.24. The van der Waals surface area contributed by atoms with E-state index in [2.05, 4.69) is 47.2 Å². The van der Waals surface area contributed by atoms with Gasteiger partial charge in [-0.2, -0.15) is 0 Å². The molecular weight excluding hydrogens is 242 g/mol. The molecule has 0 atom stereocenters. The van der Waals surface area contributed by atoms with Crippen molar-refractivity contribution in [3.8, 4) is 0 Å². The van der Waals surface area contributed by atoms with Crippen LogP contribution in [0, 0.1) is 13.8 Å². The van der Waals surface area contributed by atoms with E-state index >= 15 is 0 Å². The van der Waals surface area contributed by atoms with Crippen LogP contribution in [0.15, 0.2) is 16.6 Å². The van der Waals surface area contributed by atoms with E-state index in [4.69, 9.17) is 5.11 Å². The summed E-state index contributed by atoms with van der Waals surface area (Å²) in [6.45, 7) is 5.21. The van der Waals surface area contributed by atoms with Crippen LogP contribution in [0.5, 0.6) is 0 Å². The second kappa shape index (κ2) is 5.37. The van der Waals surface area contributed by atoms with Gasteiger partial charge in [-0.25, -0.2) is 0 Å². The molecule has 0 amide bonds. The van der Waals surface area contributed by atoms with Gasteiger partial charge in [0.1, 0.15) is 0 Å². The predicted octanol–water partition coefficient (Wildman–Crippen LogP) is 2.86. The van der Waals surface area contributed by atoms with Crippen molar-refractivity contribution in [1.82, 2.24) is 0 Å². The Morgan fingerprint density at radius 3 is 2.64 bits per heavy atom. The van der Waals surface area contributed by atoms with E-state index in [1.54, 1.807) is 0 Å². The predicted molar refractivity (Wildman–Crippen MR) is 63.8 cm³/mol. The minimum absolute atomic E-state index is 0.235. The van der Waals surface area contributed by atoms with E-state index < -0.39 is 0 Å². The number of halogens is 1. The number of aliphatic hydroxyl groups is 1. The third-order valence-electron chi connectivity index (χ3n) is 2.16. The molecule has 0 saturated carbocycles. The Balaban J connectivity index is 2.72. The van der Waals surface area contributed by atoms with E-state index in [1.165, 1.54) is 11.1 Å². The molecule has 0 aliphatic carbocycles. The first-order valence-electron chi connectivity index (χ1n) is 4.76. The molecule has 2 nitrogen and oxygen atoms in total. The van der Waals surface area contributed by atoms with Crippen molar-refractivity contribution in [2.24, 2.45) is 0 Å². The van der Waals surface area contributed by atoms with Crippen molar-refractivity contribution in [3.63, 3.8) is 0 Å². The van der Waals surface area contributed by atoms with Crippen LogP contribution in [-0.4, -0.2) is 18.3 Å². The third kappa shape index (κ3) is 3.00. The SMILES string of the molecule is Cc1cc(C)c(NCCCO)cc1Br. The van der Waals surface area contributed by atoms with Crippen molar-refractivity contribution in [3.05, 3.63) is 27.7 Å². The first-order chi connectivity index (χ1) is 6.65. The summed E-state index contributed by atoms with van der Waals surface area (Å²) < 4.78 is 1.12. The maximum atomic E-state index is 8.66. The van der Waals surface area contributed by atoms with Gasteiger partial charge in [-0.05, 0) is 37.5 Å². The molecule has 1 rings (SSSR count). The fourth-order valence-corrected chi connectivity index (χ4v) is 1.66. The first-order valence-corrected chi connectivity index (χ1v) is 5.56. The van der Waals surface area contributed by atoms with Crippen LogP contribution in [0.4, 0.5) is 5.69 Å². The molecule has 0 aromatic heterocycles. The summed E-state index contributed by atoms with van der Waals surface area (Å²) in [5, 5.41) is 12.0. The first kappa shape index (κ1) is 11.5. The number of aryl methyl sites for hydroxylation is 2. The monoisotopic (exact) mass is 257 g/mol. The van der Waals surface area contributed by atoms with Gasteiger partial charge >= 0.3 is 0 Å². The largest absolute Gasteiger partial charge is 0.396 e. The number of rotatable bonds is 4. The van der Waals surface area contributed by atoms with Crippen LogP contribution in [0.2, 0.25) is 0 Å². The second-order valence-corrected chi connectivity index (χ2v) is 4.27. The van der Waals surface area contributed by atoms with Gasteiger partial charge in [0, 0.05) is 23.3 Å². The summed E-state index contributed by atoms with van der Waals surface area (Å²) in [5.41, 5.74) is 3.62. The maximum Gasteiger partial charge on any atom is 0.0447 e. The normalized spacial score (nSPS) is 10.3. The number of anilines is 1. The van der Waals surface area contributed by atoms with E-state index in [-0.39, 0.29) is 6.61 Å². The summed E-state index contributed by atoms with van der Waals surface area (Å²) in [6.07, 6.45) is 0.783. The van der Waals surface area contributed by atoms with E-state index in [0.717, 1.165) is 23.1 Å². The summed E-state index contributed by atoms with van der Waals surface area (Å²) in [5.74, 6) is 0. The minimum Gasteiger partial charge on any atom is -0.396 e. The molecule has 0 spiro atoms. The number of hydrogen-bond acceptors (Lipinski definition) is 2. The van der Waals surface area contributed by atoms with Crippen molar-refractivity contribution in [2.45, 2.75) is 20.3 Å². The molecule has 0 saturated heterocycles. The average Bonchev–Trinajstić information content (AvgIpc) is 2.14. The molecule has 1 aromatic rings. The maximum absolute atomic E-state index is 8.66. The summed E-state index contributed by atoms with van der Waals surface area (Å²) in [4.78, 5) is 0. The average molecular weight is 258 g/mol. The fraction of sp³-hybridized carbons (Fsp3) is 0.455. The Morgan fingerprint density at radius 2 is 2.00 bits per heavy atom. The summed E-state index contributed by atoms with van der Waals surface area (Å²) in [7, 11) is 0. The summed E-state index contributed by atoms with van der Waals surface area (Å²) in [6, 6.07) is 4.23. The molecular formula is C11H16BrNO. The zero-order valence-corrected chi connectivity index (χ0v) is 10.2. The molecule has 78 valence electrons. The number of benzene rings is 1. The van der Waals surface area contributed by atoms with Gasteiger partial charge in [-0.15, -0.1) is 0 Å². The molecule has 0 bridgehead atoms. The highest BCUT2D eigenvalue weighted by molar-refractivity contribution is 9.10. The van der Waals surface area contributed by atoms with E-state index in [0.29, 0.717) is 0 Å². The van der Waals surface area contributed by atoms with E-state index in [1.807, 2.05) is 0 Å². The molecule has 3 heteroatoms. The second-order valence-electron chi connectivity index (χ2n) is 3.42. The highest BCUT2D eigenvalue weighted by atomic mass is 79.9. The highest BCUT2D eigenvalue weighted by Gasteiger charge is 2.01. The minimum atomic E-state index is 0.235. The topological polar surface area (TPSA) is 32.3 Å². The lowest BCUT2D eigenvalue weighted by atomic mass is 10.1. The van der Waals surface area contributed by atoms with Crippen LogP contribution in [0.3, 0.4) is 0 Å². The van der Waals surface area contributed by atoms with Crippen molar-refractivity contribution in [2.75, 3.05) is 18.5 Å². The van der Waals surface area contributed by atoms with Crippen molar-refractivity contribution in [1.29, 1.82) is 0 Å². The summed E-state index contributed by atoms with van der Waals surface area (Å²) >= 11 is 3.50. The Labute approximate surface area is 93.5 Å². The zero-order valence-electron chi connectivity index (χ0n) is 8.60. The Kier molecular flexibility index (Phi) is 4.42. The van der Waals surface area contributed by atoms with Crippen LogP contribution in [-0.2, 0) is 0 Å². The molecule has 0 radical (unpaired) electrons. The fourth-order valence-electron chi connectivity index (χ4n) is 1.32. The lowest BCUT2D eigenvalue weighted by Gasteiger charge is -2.10. The molecule has 14 heavy (non-hydrogen) atoms. The third-order valence-corrected chi connectivity index (χ3v) is 3.01. The van der Waals surface area contributed by atoms with Crippen LogP contribution < -0.4 is 5.32 Å². The molecule has 0 heterocycles. The molecule has 0 fully saturated rings. The van der Waals surface area contributed by atoms with Gasteiger partial charge in [-0.3, -0.25) is 0 Å². The lowest BCUT2D eigenvalue weighted by Crippen LogP contribution is -2.04. The van der Waals surface area contributed by atoms with E-state index in [9.17, 15) is 0 Å². The quantitative estimate of drug-likeness (QED) is 0.814. The van der Waals surface area contributed by atoms with Crippen LogP contribution in [0.25, 0.3) is 0 Å². The van der Waals surface area contributed by atoms with Crippen LogP contribution in [0.1, 0.15) is 17.5 Å². The van der Waals surface area contributed by atoms with Crippen molar-refractivity contribution < 1.29 is 5.11 Å². The van der Waals surface area contributed by atoms with Gasteiger partial charge in [0.15, 0.2) is 0 Å². The standard InChI is InChI=1S/C11H16BrNO/c1-8-6-9(2)11(7-10(8)12)13-4-3-5-14/h6-7,13-14H,3-5H2,1-2H3. The van der Waals surface area contributed by atoms with Gasteiger partial charge in [0.05, 0.1) is 0 Å². The molecule has 0 aliphatic rings. The molecule has 0 unspecified atom stereocenters. The van der Waals surface area contributed by atoms with Gasteiger partial charge in [-0.1, -0.05) is 22.0 Å². The zero-order chi connectivity index (χ0) is 10.6. The Morgan fingerprint density at radius 1 is 1.29 bits per heavy atom. The molecule has 2 N–H and O–H groups in total.